The Morgan fingerprint density at radius 1 is 1.27 bits per heavy atom. The van der Waals surface area contributed by atoms with Crippen molar-refractivity contribution in [1.29, 1.82) is 0 Å². The van der Waals surface area contributed by atoms with Crippen LogP contribution in [0.25, 0.3) is 0 Å². The van der Waals surface area contributed by atoms with Crippen LogP contribution in [-0.4, -0.2) is 31.4 Å². The number of amides is 1. The number of thioether (sulfide) groups is 1. The molecule has 1 N–H and O–H groups in total. The molecule has 1 unspecified atom stereocenters. The maximum atomic E-state index is 12.3. The number of anilines is 1. The summed E-state index contributed by atoms with van der Waals surface area (Å²) in [6.45, 7) is 5.70. The Kier molecular flexibility index (Phi) is 5.66. The van der Waals surface area contributed by atoms with Crippen LogP contribution in [-0.2, 0) is 4.79 Å². The molecule has 0 aliphatic carbocycles. The lowest BCUT2D eigenvalue weighted by Gasteiger charge is -2.14. The third-order valence-corrected chi connectivity index (χ3v) is 4.49. The molecule has 0 saturated heterocycles. The first-order valence-corrected chi connectivity index (χ1v) is 8.23. The van der Waals surface area contributed by atoms with Crippen molar-refractivity contribution in [3.05, 3.63) is 28.2 Å². The van der Waals surface area contributed by atoms with Gasteiger partial charge in [-0.25, -0.2) is 4.68 Å². The number of nitrogens with one attached hydrogen (secondary N) is 1. The lowest BCUT2D eigenvalue weighted by molar-refractivity contribution is -0.115. The molecule has 0 aliphatic heterocycles. The normalized spacial score (nSPS) is 12.5. The smallest absolute Gasteiger partial charge is 0.237 e. The van der Waals surface area contributed by atoms with Crippen LogP contribution in [0.3, 0.4) is 0 Å². The van der Waals surface area contributed by atoms with Crippen LogP contribution in [0.2, 0.25) is 10.0 Å². The Hall–Kier alpha value is -1.31. The molecule has 1 aromatic heterocycles. The fraction of sp³-hybridized carbons (Fsp3) is 0.385. The number of nitrogens with zero attached hydrogens (tertiary/aromatic N) is 4. The van der Waals surface area contributed by atoms with Crippen LogP contribution in [0.5, 0.6) is 0 Å². The van der Waals surface area contributed by atoms with Crippen molar-refractivity contribution in [2.75, 3.05) is 5.32 Å². The number of hydrogen-bond donors (Lipinski definition) is 1. The fourth-order valence-electron chi connectivity index (χ4n) is 1.64. The number of carbonyl (C=O) groups is 1. The van der Waals surface area contributed by atoms with Crippen molar-refractivity contribution < 1.29 is 4.79 Å². The number of para-hydroxylation sites is 1. The highest BCUT2D eigenvalue weighted by Crippen LogP contribution is 2.31. The standard InChI is InChI=1S/C13H15Cl2N5OS/c1-7(2)20-13(17-18-19-20)22-8(3)12(21)16-11-9(14)5-4-6-10(11)15/h4-8H,1-3H3,(H,16,21). The molecule has 0 radical (unpaired) electrons. The van der Waals surface area contributed by atoms with E-state index in [9.17, 15) is 4.79 Å². The van der Waals surface area contributed by atoms with Crippen LogP contribution in [0.4, 0.5) is 5.69 Å². The number of benzene rings is 1. The molecule has 2 rings (SSSR count). The summed E-state index contributed by atoms with van der Waals surface area (Å²) >= 11 is 13.4. The summed E-state index contributed by atoms with van der Waals surface area (Å²) in [4.78, 5) is 12.3. The van der Waals surface area contributed by atoms with E-state index in [-0.39, 0.29) is 11.9 Å². The van der Waals surface area contributed by atoms with Gasteiger partial charge in [-0.3, -0.25) is 4.79 Å². The molecular formula is C13H15Cl2N5OS. The molecule has 118 valence electrons. The van der Waals surface area contributed by atoms with Gasteiger partial charge in [0.25, 0.3) is 0 Å². The molecule has 1 aromatic carbocycles. The number of hydrogen-bond acceptors (Lipinski definition) is 5. The van der Waals surface area contributed by atoms with E-state index in [2.05, 4.69) is 20.8 Å². The van der Waals surface area contributed by atoms with E-state index in [0.717, 1.165) is 0 Å². The summed E-state index contributed by atoms with van der Waals surface area (Å²) in [6, 6.07) is 5.17. The van der Waals surface area contributed by atoms with E-state index in [4.69, 9.17) is 23.2 Å². The van der Waals surface area contributed by atoms with Crippen molar-refractivity contribution in [1.82, 2.24) is 20.2 Å². The second kappa shape index (κ2) is 7.30. The number of carbonyl (C=O) groups excluding carboxylic acids is 1. The Labute approximate surface area is 142 Å². The first kappa shape index (κ1) is 17.1. The first-order chi connectivity index (χ1) is 10.4. The summed E-state index contributed by atoms with van der Waals surface area (Å²) < 4.78 is 1.66. The second-order valence-electron chi connectivity index (χ2n) is 4.85. The van der Waals surface area contributed by atoms with Crippen LogP contribution in [0.1, 0.15) is 26.8 Å². The zero-order valence-corrected chi connectivity index (χ0v) is 14.6. The van der Waals surface area contributed by atoms with Gasteiger partial charge in [0.05, 0.1) is 27.0 Å². The molecule has 1 heterocycles. The van der Waals surface area contributed by atoms with E-state index in [1.165, 1.54) is 11.8 Å². The number of tetrazole rings is 1. The molecule has 0 spiro atoms. The van der Waals surface area contributed by atoms with Crippen molar-refractivity contribution in [2.24, 2.45) is 0 Å². The third kappa shape index (κ3) is 3.91. The predicted octanol–water partition coefficient (Wildman–Crippen LogP) is 3.68. The zero-order valence-electron chi connectivity index (χ0n) is 12.2. The van der Waals surface area contributed by atoms with Gasteiger partial charge in [0, 0.05) is 0 Å². The third-order valence-electron chi connectivity index (χ3n) is 2.81. The molecule has 22 heavy (non-hydrogen) atoms. The van der Waals surface area contributed by atoms with Crippen LogP contribution in [0.15, 0.2) is 23.4 Å². The van der Waals surface area contributed by atoms with Gasteiger partial charge >= 0.3 is 0 Å². The van der Waals surface area contributed by atoms with Crippen molar-refractivity contribution in [3.63, 3.8) is 0 Å². The summed E-state index contributed by atoms with van der Waals surface area (Å²) in [5.41, 5.74) is 0.409. The summed E-state index contributed by atoms with van der Waals surface area (Å²) in [6.07, 6.45) is 0. The van der Waals surface area contributed by atoms with Gasteiger partial charge in [-0.15, -0.1) is 5.10 Å². The molecule has 0 saturated carbocycles. The quantitative estimate of drug-likeness (QED) is 0.824. The topological polar surface area (TPSA) is 72.7 Å². The predicted molar refractivity (Wildman–Crippen MR) is 88.6 cm³/mol. The number of halogens is 2. The summed E-state index contributed by atoms with van der Waals surface area (Å²) in [5, 5.41) is 15.2. The van der Waals surface area contributed by atoms with Crippen LogP contribution < -0.4 is 5.32 Å². The van der Waals surface area contributed by atoms with Gasteiger partial charge in [-0.1, -0.05) is 41.0 Å². The number of aromatic nitrogens is 4. The van der Waals surface area contributed by atoms with E-state index in [1.807, 2.05) is 13.8 Å². The van der Waals surface area contributed by atoms with Gasteiger partial charge in [0.1, 0.15) is 0 Å². The lowest BCUT2D eigenvalue weighted by atomic mass is 10.3. The molecule has 1 atom stereocenters. The minimum absolute atomic E-state index is 0.116. The average molecular weight is 360 g/mol. The van der Waals surface area contributed by atoms with Crippen LogP contribution in [0, 0.1) is 0 Å². The van der Waals surface area contributed by atoms with Gasteiger partial charge in [0.2, 0.25) is 11.1 Å². The largest absolute Gasteiger partial charge is 0.323 e. The van der Waals surface area contributed by atoms with Crippen molar-refractivity contribution in [2.45, 2.75) is 37.2 Å². The Balaban J connectivity index is 2.08. The molecule has 1 amide bonds. The highest BCUT2D eigenvalue weighted by Gasteiger charge is 2.21. The summed E-state index contributed by atoms with van der Waals surface area (Å²) in [7, 11) is 0. The van der Waals surface area contributed by atoms with Crippen molar-refractivity contribution in [3.8, 4) is 0 Å². The van der Waals surface area contributed by atoms with Gasteiger partial charge in [-0.05, 0) is 43.3 Å². The average Bonchev–Trinajstić information content (AvgIpc) is 2.91. The molecule has 0 fully saturated rings. The monoisotopic (exact) mass is 359 g/mol. The van der Waals surface area contributed by atoms with Crippen molar-refractivity contribution >= 4 is 46.6 Å². The van der Waals surface area contributed by atoms with E-state index >= 15 is 0 Å². The Bertz CT molecular complexity index is 656. The molecular weight excluding hydrogens is 345 g/mol. The molecule has 0 aliphatic rings. The molecule has 2 aromatic rings. The highest BCUT2D eigenvalue weighted by atomic mass is 35.5. The minimum Gasteiger partial charge on any atom is -0.323 e. The van der Waals surface area contributed by atoms with Gasteiger partial charge in [0.15, 0.2) is 0 Å². The molecule has 0 bridgehead atoms. The SMILES string of the molecule is CC(Sc1nnnn1C(C)C)C(=O)Nc1c(Cl)cccc1Cl. The maximum Gasteiger partial charge on any atom is 0.237 e. The summed E-state index contributed by atoms with van der Waals surface area (Å²) in [5.74, 6) is -0.224. The first-order valence-electron chi connectivity index (χ1n) is 6.59. The van der Waals surface area contributed by atoms with E-state index < -0.39 is 5.25 Å². The zero-order chi connectivity index (χ0) is 16.3. The van der Waals surface area contributed by atoms with Gasteiger partial charge in [-0.2, -0.15) is 0 Å². The maximum absolute atomic E-state index is 12.3. The Morgan fingerprint density at radius 2 is 1.91 bits per heavy atom. The van der Waals surface area contributed by atoms with Gasteiger partial charge < -0.3 is 5.32 Å². The molecule has 9 heteroatoms. The van der Waals surface area contributed by atoms with E-state index in [0.29, 0.717) is 20.9 Å². The lowest BCUT2D eigenvalue weighted by Crippen LogP contribution is -2.23. The molecule has 6 nitrogen and oxygen atoms in total. The number of rotatable bonds is 5. The highest BCUT2D eigenvalue weighted by molar-refractivity contribution is 8.00. The fourth-order valence-corrected chi connectivity index (χ4v) is 3.05. The van der Waals surface area contributed by atoms with E-state index in [1.54, 1.807) is 29.8 Å². The second-order valence-corrected chi connectivity index (χ2v) is 6.97. The minimum atomic E-state index is -0.407. The van der Waals surface area contributed by atoms with Crippen LogP contribution >= 0.6 is 35.0 Å². The Morgan fingerprint density at radius 3 is 2.50 bits per heavy atom.